The summed E-state index contributed by atoms with van der Waals surface area (Å²) in [6.07, 6.45) is 0. The zero-order chi connectivity index (χ0) is 14.7. The molecule has 0 heterocycles. The molecule has 1 N–H and O–H groups in total. The molecule has 4 heteroatoms. The molecule has 104 valence electrons. The number of carboxylic acids is 1. The third-order valence-electron chi connectivity index (χ3n) is 3.48. The number of carbonyl (C=O) groups is 2. The molecule has 0 spiro atoms. The summed E-state index contributed by atoms with van der Waals surface area (Å²) in [5.41, 5.74) is 4.56. The van der Waals surface area contributed by atoms with Crippen LogP contribution in [0.3, 0.4) is 0 Å². The Morgan fingerprint density at radius 1 is 1.16 bits per heavy atom. The number of benzene rings is 1. The van der Waals surface area contributed by atoms with Crippen molar-refractivity contribution in [3.05, 3.63) is 34.4 Å². The number of amides is 1. The van der Waals surface area contributed by atoms with E-state index in [4.69, 9.17) is 5.11 Å². The number of rotatable bonds is 4. The number of hydrogen-bond donors (Lipinski definition) is 1. The highest BCUT2D eigenvalue weighted by atomic mass is 16.4. The van der Waals surface area contributed by atoms with E-state index in [1.165, 1.54) is 23.0 Å². The van der Waals surface area contributed by atoms with E-state index in [0.29, 0.717) is 6.54 Å². The van der Waals surface area contributed by atoms with E-state index in [-0.39, 0.29) is 5.91 Å². The second-order valence-corrected chi connectivity index (χ2v) is 5.12. The number of aliphatic carboxylic acids is 1. The van der Waals surface area contributed by atoms with E-state index in [1.807, 2.05) is 20.8 Å². The molecule has 1 aromatic rings. The smallest absolute Gasteiger partial charge is 0.315 e. The summed E-state index contributed by atoms with van der Waals surface area (Å²) in [6.45, 7) is 7.92. The van der Waals surface area contributed by atoms with Gasteiger partial charge < -0.3 is 10.0 Å². The van der Waals surface area contributed by atoms with Gasteiger partial charge in [0.15, 0.2) is 0 Å². The van der Waals surface area contributed by atoms with Gasteiger partial charge in [-0.05, 0) is 49.9 Å². The van der Waals surface area contributed by atoms with Crippen LogP contribution in [0.2, 0.25) is 0 Å². The molecule has 0 fully saturated rings. The van der Waals surface area contributed by atoms with Crippen molar-refractivity contribution >= 4 is 11.9 Å². The van der Waals surface area contributed by atoms with Gasteiger partial charge in [0.25, 0.3) is 0 Å². The molecular formula is C15H21NO3. The number of carboxylic acid groups (broad SMARTS) is 1. The van der Waals surface area contributed by atoms with Gasteiger partial charge in [0.1, 0.15) is 5.92 Å². The van der Waals surface area contributed by atoms with Crippen molar-refractivity contribution < 1.29 is 14.7 Å². The Morgan fingerprint density at radius 3 is 2.21 bits per heavy atom. The van der Waals surface area contributed by atoms with Crippen LogP contribution in [0, 0.1) is 26.7 Å². The minimum atomic E-state index is -1.09. The molecule has 4 nitrogen and oxygen atoms in total. The Labute approximate surface area is 114 Å². The van der Waals surface area contributed by atoms with Gasteiger partial charge in [-0.1, -0.05) is 12.1 Å². The van der Waals surface area contributed by atoms with Gasteiger partial charge in [-0.25, -0.2) is 0 Å². The van der Waals surface area contributed by atoms with Crippen LogP contribution >= 0.6 is 0 Å². The third kappa shape index (κ3) is 3.56. The van der Waals surface area contributed by atoms with Crippen LogP contribution in [-0.2, 0) is 16.1 Å². The molecule has 0 aliphatic carbocycles. The van der Waals surface area contributed by atoms with Crippen molar-refractivity contribution in [2.24, 2.45) is 5.92 Å². The Morgan fingerprint density at radius 2 is 1.68 bits per heavy atom. The van der Waals surface area contributed by atoms with E-state index in [9.17, 15) is 9.59 Å². The van der Waals surface area contributed by atoms with E-state index in [1.54, 1.807) is 7.05 Å². The van der Waals surface area contributed by atoms with Crippen molar-refractivity contribution in [3.63, 3.8) is 0 Å². The van der Waals surface area contributed by atoms with Crippen molar-refractivity contribution in [2.75, 3.05) is 7.05 Å². The van der Waals surface area contributed by atoms with Crippen LogP contribution in [-0.4, -0.2) is 28.9 Å². The molecule has 0 saturated carbocycles. The Kier molecular flexibility index (Phi) is 4.70. The maximum Gasteiger partial charge on any atom is 0.315 e. The summed E-state index contributed by atoms with van der Waals surface area (Å²) < 4.78 is 0. The van der Waals surface area contributed by atoms with Crippen molar-refractivity contribution in [1.82, 2.24) is 4.90 Å². The predicted molar refractivity (Wildman–Crippen MR) is 73.9 cm³/mol. The van der Waals surface area contributed by atoms with E-state index >= 15 is 0 Å². The van der Waals surface area contributed by atoms with Gasteiger partial charge in [-0.2, -0.15) is 0 Å². The highest BCUT2D eigenvalue weighted by Crippen LogP contribution is 2.17. The first-order valence-corrected chi connectivity index (χ1v) is 6.28. The van der Waals surface area contributed by atoms with Crippen LogP contribution in [0.15, 0.2) is 12.1 Å². The number of hydrogen-bond acceptors (Lipinski definition) is 2. The Hall–Kier alpha value is -1.84. The molecule has 1 unspecified atom stereocenters. The van der Waals surface area contributed by atoms with Gasteiger partial charge in [0.05, 0.1) is 0 Å². The highest BCUT2D eigenvalue weighted by Gasteiger charge is 2.24. The van der Waals surface area contributed by atoms with E-state index in [0.717, 1.165) is 11.1 Å². The first kappa shape index (κ1) is 15.2. The monoisotopic (exact) mass is 263 g/mol. The summed E-state index contributed by atoms with van der Waals surface area (Å²) in [6, 6.07) is 4.14. The molecule has 1 rings (SSSR count). The maximum atomic E-state index is 11.9. The summed E-state index contributed by atoms with van der Waals surface area (Å²) in [5, 5.41) is 8.85. The standard InChI is InChI=1S/C15H21NO3/c1-9-6-11(3)13(7-10(9)2)8-16(5)14(17)12(4)15(18)19/h6-7,12H,8H2,1-5H3,(H,18,19). The minimum Gasteiger partial charge on any atom is -0.481 e. The van der Waals surface area contributed by atoms with Crippen LogP contribution in [0.1, 0.15) is 29.2 Å². The zero-order valence-electron chi connectivity index (χ0n) is 12.2. The van der Waals surface area contributed by atoms with Crippen molar-refractivity contribution in [1.29, 1.82) is 0 Å². The van der Waals surface area contributed by atoms with Crippen LogP contribution in [0.4, 0.5) is 0 Å². The highest BCUT2D eigenvalue weighted by molar-refractivity contribution is 5.96. The summed E-state index contributed by atoms with van der Waals surface area (Å²) in [5.74, 6) is -2.46. The summed E-state index contributed by atoms with van der Waals surface area (Å²) in [7, 11) is 1.64. The molecule has 0 aromatic heterocycles. The van der Waals surface area contributed by atoms with Gasteiger partial charge >= 0.3 is 5.97 Å². The van der Waals surface area contributed by atoms with Crippen molar-refractivity contribution in [3.8, 4) is 0 Å². The molecule has 1 amide bonds. The molecule has 0 saturated heterocycles. The zero-order valence-corrected chi connectivity index (χ0v) is 12.2. The second-order valence-electron chi connectivity index (χ2n) is 5.12. The first-order valence-electron chi connectivity index (χ1n) is 6.28. The third-order valence-corrected chi connectivity index (χ3v) is 3.48. The van der Waals surface area contributed by atoms with Gasteiger partial charge in [0, 0.05) is 13.6 Å². The van der Waals surface area contributed by atoms with Crippen molar-refractivity contribution in [2.45, 2.75) is 34.2 Å². The van der Waals surface area contributed by atoms with Gasteiger partial charge in [-0.3, -0.25) is 9.59 Å². The molecular weight excluding hydrogens is 242 g/mol. The Bertz CT molecular complexity index is 508. The number of carbonyl (C=O) groups excluding carboxylic acids is 1. The average Bonchev–Trinajstić information content (AvgIpc) is 2.33. The molecule has 0 radical (unpaired) electrons. The molecule has 1 atom stereocenters. The average molecular weight is 263 g/mol. The molecule has 0 bridgehead atoms. The number of aryl methyl sites for hydroxylation is 3. The maximum absolute atomic E-state index is 11.9. The second kappa shape index (κ2) is 5.87. The normalized spacial score (nSPS) is 12.1. The summed E-state index contributed by atoms with van der Waals surface area (Å²) in [4.78, 5) is 24.2. The fourth-order valence-electron chi connectivity index (χ4n) is 1.96. The van der Waals surface area contributed by atoms with E-state index in [2.05, 4.69) is 12.1 Å². The fourth-order valence-corrected chi connectivity index (χ4v) is 1.96. The van der Waals surface area contributed by atoms with Gasteiger partial charge in [0.2, 0.25) is 5.91 Å². The minimum absolute atomic E-state index is 0.370. The predicted octanol–water partition coefficient (Wildman–Crippen LogP) is 2.29. The molecule has 0 aliphatic rings. The fraction of sp³-hybridized carbons (Fsp3) is 0.467. The van der Waals surface area contributed by atoms with Crippen LogP contribution in [0.25, 0.3) is 0 Å². The lowest BCUT2D eigenvalue weighted by Crippen LogP contribution is -2.35. The summed E-state index contributed by atoms with van der Waals surface area (Å²) >= 11 is 0. The lowest BCUT2D eigenvalue weighted by Gasteiger charge is -2.21. The quantitative estimate of drug-likeness (QED) is 0.848. The van der Waals surface area contributed by atoms with E-state index < -0.39 is 11.9 Å². The topological polar surface area (TPSA) is 57.6 Å². The Balaban J connectivity index is 2.88. The number of nitrogens with zero attached hydrogens (tertiary/aromatic N) is 1. The lowest BCUT2D eigenvalue weighted by atomic mass is 10.0. The largest absolute Gasteiger partial charge is 0.481 e. The van der Waals surface area contributed by atoms with Crippen LogP contribution in [0.5, 0.6) is 0 Å². The molecule has 19 heavy (non-hydrogen) atoms. The SMILES string of the molecule is Cc1cc(C)c(CN(C)C(=O)C(C)C(=O)O)cc1C. The first-order chi connectivity index (χ1) is 8.73. The lowest BCUT2D eigenvalue weighted by molar-refractivity contribution is -0.149. The van der Waals surface area contributed by atoms with Gasteiger partial charge in [-0.15, -0.1) is 0 Å². The van der Waals surface area contributed by atoms with Crippen LogP contribution < -0.4 is 0 Å². The molecule has 1 aromatic carbocycles. The molecule has 0 aliphatic heterocycles.